The Kier molecular flexibility index (Phi) is 5.58. The topological polar surface area (TPSA) is 70.2 Å². The van der Waals surface area contributed by atoms with Gasteiger partial charge >= 0.3 is 0 Å². The summed E-state index contributed by atoms with van der Waals surface area (Å²) in [5, 5.41) is 2.98. The van der Waals surface area contributed by atoms with Crippen molar-refractivity contribution in [3.8, 4) is 5.75 Å². The molecule has 1 saturated heterocycles. The second-order valence-corrected chi connectivity index (χ2v) is 7.22. The van der Waals surface area contributed by atoms with E-state index in [1.54, 1.807) is 0 Å². The molecular formula is C22H26N4O2. The van der Waals surface area contributed by atoms with E-state index in [1.807, 2.05) is 49.4 Å². The Morgan fingerprint density at radius 2 is 2.07 bits per heavy atom. The third-order valence-corrected chi connectivity index (χ3v) is 5.12. The molecule has 6 heteroatoms. The SMILES string of the molecule is CCOc1ccc(NC(=O)CN2CCC[C@H](c3nc4ccccc4[nH]3)C2)cc1. The molecule has 3 aromatic rings. The number of aromatic nitrogens is 2. The average molecular weight is 378 g/mol. The molecule has 146 valence electrons. The summed E-state index contributed by atoms with van der Waals surface area (Å²) in [5.41, 5.74) is 2.87. The van der Waals surface area contributed by atoms with Crippen LogP contribution in [0.15, 0.2) is 48.5 Å². The quantitative estimate of drug-likeness (QED) is 0.685. The summed E-state index contributed by atoms with van der Waals surface area (Å²) in [7, 11) is 0. The molecule has 1 amide bonds. The number of anilines is 1. The van der Waals surface area contributed by atoms with E-state index >= 15 is 0 Å². The number of nitrogens with one attached hydrogen (secondary N) is 2. The number of imidazole rings is 1. The minimum atomic E-state index is 0.00872. The molecule has 1 aromatic heterocycles. The smallest absolute Gasteiger partial charge is 0.238 e. The Bertz CT molecular complexity index is 902. The first kappa shape index (κ1) is 18.5. The first-order valence-electron chi connectivity index (χ1n) is 9.91. The number of nitrogens with zero attached hydrogens (tertiary/aromatic N) is 2. The van der Waals surface area contributed by atoms with E-state index in [4.69, 9.17) is 9.72 Å². The molecule has 2 N–H and O–H groups in total. The first-order valence-corrected chi connectivity index (χ1v) is 9.91. The standard InChI is InChI=1S/C22H26N4O2/c1-2-28-18-11-9-17(10-12-18)23-21(27)15-26-13-5-6-16(14-26)22-24-19-7-3-4-8-20(19)25-22/h3-4,7-12,16H,2,5-6,13-15H2,1H3,(H,23,27)(H,24,25)/t16-/m0/s1. The van der Waals surface area contributed by atoms with Crippen LogP contribution in [0.5, 0.6) is 5.75 Å². The molecule has 0 radical (unpaired) electrons. The van der Waals surface area contributed by atoms with Crippen molar-refractivity contribution < 1.29 is 9.53 Å². The highest BCUT2D eigenvalue weighted by Gasteiger charge is 2.25. The fraction of sp³-hybridized carbons (Fsp3) is 0.364. The first-order chi connectivity index (χ1) is 13.7. The van der Waals surface area contributed by atoms with Crippen molar-refractivity contribution in [2.75, 3.05) is 31.6 Å². The monoisotopic (exact) mass is 378 g/mol. The number of piperidine rings is 1. The number of amides is 1. The highest BCUT2D eigenvalue weighted by molar-refractivity contribution is 5.92. The van der Waals surface area contributed by atoms with Crippen LogP contribution < -0.4 is 10.1 Å². The number of benzene rings is 2. The molecule has 28 heavy (non-hydrogen) atoms. The zero-order valence-electron chi connectivity index (χ0n) is 16.1. The van der Waals surface area contributed by atoms with Gasteiger partial charge in [-0.2, -0.15) is 0 Å². The minimum Gasteiger partial charge on any atom is -0.494 e. The van der Waals surface area contributed by atoms with Gasteiger partial charge in [-0.05, 0) is 62.7 Å². The average Bonchev–Trinajstić information content (AvgIpc) is 3.14. The van der Waals surface area contributed by atoms with Gasteiger partial charge in [-0.1, -0.05) is 12.1 Å². The largest absolute Gasteiger partial charge is 0.494 e. The zero-order valence-corrected chi connectivity index (χ0v) is 16.1. The van der Waals surface area contributed by atoms with E-state index in [0.29, 0.717) is 19.1 Å². The van der Waals surface area contributed by atoms with Gasteiger partial charge in [0.05, 0.1) is 24.2 Å². The number of ether oxygens (including phenoxy) is 1. The van der Waals surface area contributed by atoms with Crippen LogP contribution in [0.25, 0.3) is 11.0 Å². The van der Waals surface area contributed by atoms with E-state index < -0.39 is 0 Å². The van der Waals surface area contributed by atoms with Crippen molar-refractivity contribution in [2.45, 2.75) is 25.7 Å². The highest BCUT2D eigenvalue weighted by atomic mass is 16.5. The van der Waals surface area contributed by atoms with Crippen molar-refractivity contribution >= 4 is 22.6 Å². The number of hydrogen-bond acceptors (Lipinski definition) is 4. The van der Waals surface area contributed by atoms with Crippen LogP contribution in [0, 0.1) is 0 Å². The van der Waals surface area contributed by atoms with E-state index in [9.17, 15) is 4.79 Å². The Labute approximate surface area is 164 Å². The van der Waals surface area contributed by atoms with Crippen LogP contribution in [0.4, 0.5) is 5.69 Å². The van der Waals surface area contributed by atoms with Crippen LogP contribution in [0.1, 0.15) is 31.5 Å². The number of likely N-dealkylation sites (tertiary alicyclic amines) is 1. The van der Waals surface area contributed by atoms with Gasteiger partial charge in [-0.3, -0.25) is 9.69 Å². The number of hydrogen-bond donors (Lipinski definition) is 2. The van der Waals surface area contributed by atoms with E-state index in [0.717, 1.165) is 54.2 Å². The Morgan fingerprint density at radius 1 is 1.25 bits per heavy atom. The van der Waals surface area contributed by atoms with Crippen LogP contribution in [0.2, 0.25) is 0 Å². The summed E-state index contributed by atoms with van der Waals surface area (Å²) in [6.45, 7) is 4.76. The highest BCUT2D eigenvalue weighted by Crippen LogP contribution is 2.26. The predicted octanol–water partition coefficient (Wildman–Crippen LogP) is 3.78. The summed E-state index contributed by atoms with van der Waals surface area (Å²) in [6.07, 6.45) is 2.16. The molecule has 4 rings (SSSR count). The van der Waals surface area contributed by atoms with Gasteiger partial charge in [-0.15, -0.1) is 0 Å². The van der Waals surface area contributed by atoms with Gasteiger partial charge in [0.25, 0.3) is 0 Å². The molecule has 1 fully saturated rings. The summed E-state index contributed by atoms with van der Waals surface area (Å²) in [6, 6.07) is 15.6. The molecule has 0 saturated carbocycles. The maximum Gasteiger partial charge on any atom is 0.238 e. The lowest BCUT2D eigenvalue weighted by atomic mass is 9.97. The lowest BCUT2D eigenvalue weighted by Gasteiger charge is -2.31. The zero-order chi connectivity index (χ0) is 19.3. The molecule has 6 nitrogen and oxygen atoms in total. The summed E-state index contributed by atoms with van der Waals surface area (Å²) < 4.78 is 5.43. The second kappa shape index (κ2) is 8.44. The van der Waals surface area contributed by atoms with Gasteiger partial charge < -0.3 is 15.0 Å². The number of para-hydroxylation sites is 2. The molecule has 0 unspecified atom stereocenters. The van der Waals surface area contributed by atoms with E-state index in [2.05, 4.69) is 21.3 Å². The lowest BCUT2D eigenvalue weighted by Crippen LogP contribution is -2.40. The predicted molar refractivity (Wildman–Crippen MR) is 111 cm³/mol. The normalized spacial score (nSPS) is 17.5. The maximum atomic E-state index is 12.5. The van der Waals surface area contributed by atoms with Crippen molar-refractivity contribution in [2.24, 2.45) is 0 Å². The van der Waals surface area contributed by atoms with Crippen molar-refractivity contribution in [1.82, 2.24) is 14.9 Å². The van der Waals surface area contributed by atoms with Crippen LogP contribution in [-0.4, -0.2) is 47.0 Å². The fourth-order valence-corrected chi connectivity index (χ4v) is 3.79. The Hall–Kier alpha value is -2.86. The molecule has 0 aliphatic carbocycles. The van der Waals surface area contributed by atoms with Crippen LogP contribution in [-0.2, 0) is 4.79 Å². The Balaban J connectivity index is 1.34. The third kappa shape index (κ3) is 4.34. The summed E-state index contributed by atoms with van der Waals surface area (Å²) in [5.74, 6) is 2.18. The lowest BCUT2D eigenvalue weighted by molar-refractivity contribution is -0.117. The van der Waals surface area contributed by atoms with Crippen LogP contribution in [0.3, 0.4) is 0 Å². The Morgan fingerprint density at radius 3 is 2.86 bits per heavy atom. The molecule has 1 aliphatic heterocycles. The van der Waals surface area contributed by atoms with Gasteiger partial charge in [0, 0.05) is 18.2 Å². The number of H-pyrrole nitrogens is 1. The molecule has 1 atom stereocenters. The van der Waals surface area contributed by atoms with E-state index in [1.165, 1.54) is 0 Å². The van der Waals surface area contributed by atoms with Crippen molar-refractivity contribution in [3.05, 3.63) is 54.4 Å². The molecule has 2 heterocycles. The number of rotatable bonds is 6. The number of carbonyl (C=O) groups excluding carboxylic acids is 1. The van der Waals surface area contributed by atoms with Crippen molar-refractivity contribution in [1.29, 1.82) is 0 Å². The van der Waals surface area contributed by atoms with Gasteiger partial charge in [0.1, 0.15) is 11.6 Å². The molecule has 2 aromatic carbocycles. The van der Waals surface area contributed by atoms with Gasteiger partial charge in [0.2, 0.25) is 5.91 Å². The summed E-state index contributed by atoms with van der Waals surface area (Å²) in [4.78, 5) is 22.9. The fourth-order valence-electron chi connectivity index (χ4n) is 3.79. The molecule has 0 bridgehead atoms. The van der Waals surface area contributed by atoms with Crippen LogP contribution >= 0.6 is 0 Å². The molecule has 0 spiro atoms. The summed E-state index contributed by atoms with van der Waals surface area (Å²) >= 11 is 0. The van der Waals surface area contributed by atoms with Crippen molar-refractivity contribution in [3.63, 3.8) is 0 Å². The minimum absolute atomic E-state index is 0.00872. The third-order valence-electron chi connectivity index (χ3n) is 5.12. The number of carbonyl (C=O) groups is 1. The van der Waals surface area contributed by atoms with Gasteiger partial charge in [-0.25, -0.2) is 4.98 Å². The van der Waals surface area contributed by atoms with E-state index in [-0.39, 0.29) is 5.91 Å². The molecular weight excluding hydrogens is 352 g/mol. The maximum absolute atomic E-state index is 12.5. The van der Waals surface area contributed by atoms with Gasteiger partial charge in [0.15, 0.2) is 0 Å². The number of aromatic amines is 1. The molecule has 1 aliphatic rings. The second-order valence-electron chi connectivity index (χ2n) is 7.22. The number of fused-ring (bicyclic) bond motifs is 1.